The van der Waals surface area contributed by atoms with Crippen molar-refractivity contribution in [2.24, 2.45) is 40.4 Å². The van der Waals surface area contributed by atoms with Crippen molar-refractivity contribution in [3.05, 3.63) is 124 Å². The van der Waals surface area contributed by atoms with E-state index in [-0.39, 0.29) is 45.4 Å². The third-order valence-corrected chi connectivity index (χ3v) is 16.4. The smallest absolute Gasteiger partial charge is 0.347 e. The maximum absolute atomic E-state index is 13.3. The highest BCUT2D eigenvalue weighted by molar-refractivity contribution is 6.16. The van der Waals surface area contributed by atoms with E-state index in [1.807, 2.05) is 24.3 Å². The number of hydrogen-bond donors (Lipinski definition) is 0. The maximum Gasteiger partial charge on any atom is 0.347 e. The molecule has 4 fully saturated rings. The number of esters is 5. The number of carbonyl (C=O) groups excluding carboxylic acids is 5. The predicted octanol–water partition coefficient (Wildman–Crippen LogP) is 10.3. The number of cyclic esters (lactones) is 4. The van der Waals surface area contributed by atoms with Crippen LogP contribution in [0.15, 0.2) is 84.9 Å². The van der Waals surface area contributed by atoms with Gasteiger partial charge in [-0.15, -0.1) is 0 Å². The largest absolute Gasteiger partial charge is 0.458 e. The minimum Gasteiger partial charge on any atom is -0.458 e. The molecule has 0 radical (unpaired) electrons. The molecule has 4 aliphatic carbocycles. The van der Waals surface area contributed by atoms with E-state index in [0.717, 1.165) is 42.9 Å². The molecule has 61 heavy (non-hydrogen) atoms. The van der Waals surface area contributed by atoms with Gasteiger partial charge >= 0.3 is 29.8 Å². The first-order valence-corrected chi connectivity index (χ1v) is 21.9. The first-order valence-electron chi connectivity index (χ1n) is 21.9. The summed E-state index contributed by atoms with van der Waals surface area (Å²) in [5.41, 5.74) is 3.57. The highest BCUT2D eigenvalue weighted by Crippen LogP contribution is 2.69. The van der Waals surface area contributed by atoms with Gasteiger partial charge in [0.25, 0.3) is 0 Å². The quantitative estimate of drug-likeness (QED) is 0.0696. The van der Waals surface area contributed by atoms with Crippen molar-refractivity contribution in [3.63, 3.8) is 0 Å². The number of rotatable bonds is 9. The lowest BCUT2D eigenvalue weighted by Gasteiger charge is -2.63. The van der Waals surface area contributed by atoms with Crippen LogP contribution < -0.4 is 14.2 Å². The summed E-state index contributed by atoms with van der Waals surface area (Å²) in [6.45, 7) is 7.53. The zero-order valence-electron chi connectivity index (χ0n) is 34.8. The normalized spacial score (nSPS) is 30.9. The number of benzene rings is 4. The summed E-state index contributed by atoms with van der Waals surface area (Å²) in [6.07, 6.45) is 12.4. The van der Waals surface area contributed by atoms with Gasteiger partial charge in [-0.3, -0.25) is 0 Å². The lowest BCUT2D eigenvalue weighted by atomic mass is 9.42. The monoisotopic (exact) mass is 822 g/mol. The molecule has 0 amide bonds. The lowest BCUT2D eigenvalue weighted by molar-refractivity contribution is -0.119. The standard InChI is InChI=1S/C51H50O10/c1-4-30-11-20-42-39-18-10-33-27-51(24-23-50(33,3)43(39)21-22-49(30,42)2,31-6-12-34(13-7-31)57-28-58-36-16-19-38-41(26-36)48(56)61-46(38)54)32-8-14-35(15-9-32)59-44(52)29-5-17-37-40(25-29)47(55)60-45(37)53/h5-9,12-17,19,25-26,30,33,39,42-43H,4,10-11,18,20-24,27-28H2,1-3H3. The van der Waals surface area contributed by atoms with Gasteiger partial charge in [-0.1, -0.05) is 51.5 Å². The van der Waals surface area contributed by atoms with Crippen LogP contribution in [0.4, 0.5) is 0 Å². The number of hydrogen-bond acceptors (Lipinski definition) is 10. The fraction of sp³-hybridized carbons (Fsp3) is 0.431. The summed E-state index contributed by atoms with van der Waals surface area (Å²) >= 11 is 0. The van der Waals surface area contributed by atoms with Gasteiger partial charge in [-0.2, -0.15) is 0 Å². The predicted molar refractivity (Wildman–Crippen MR) is 223 cm³/mol. The molecule has 0 spiro atoms. The van der Waals surface area contributed by atoms with Crippen molar-refractivity contribution < 1.29 is 47.7 Å². The van der Waals surface area contributed by atoms with E-state index in [1.54, 1.807) is 6.07 Å². The molecule has 314 valence electrons. The second kappa shape index (κ2) is 14.7. The zero-order valence-corrected chi connectivity index (χ0v) is 34.8. The van der Waals surface area contributed by atoms with Gasteiger partial charge in [0.15, 0.2) is 0 Å². The van der Waals surface area contributed by atoms with Crippen molar-refractivity contribution >= 4 is 29.8 Å². The minimum absolute atomic E-state index is 0.0562. The molecule has 0 aromatic heterocycles. The molecular formula is C51H50O10. The molecule has 0 N–H and O–H groups in total. The van der Waals surface area contributed by atoms with Gasteiger partial charge in [0.1, 0.15) is 17.2 Å². The Hall–Kier alpha value is -5.77. The Bertz CT molecular complexity index is 2470. The van der Waals surface area contributed by atoms with Crippen LogP contribution in [0, 0.1) is 40.4 Å². The van der Waals surface area contributed by atoms with Gasteiger partial charge in [-0.25, -0.2) is 24.0 Å². The second-order valence-electron chi connectivity index (χ2n) is 18.8. The minimum atomic E-state index is -0.774. The molecule has 10 rings (SSSR count). The zero-order chi connectivity index (χ0) is 42.3. The maximum atomic E-state index is 13.3. The molecule has 2 aliphatic heterocycles. The number of ether oxygens (including phenoxy) is 5. The molecule has 8 unspecified atom stereocenters. The molecule has 10 heteroatoms. The van der Waals surface area contributed by atoms with Gasteiger partial charge in [0.05, 0.1) is 27.8 Å². The summed E-state index contributed by atoms with van der Waals surface area (Å²) in [7, 11) is 0. The molecule has 10 nitrogen and oxygen atoms in total. The highest BCUT2D eigenvalue weighted by atomic mass is 16.7. The Morgan fingerprint density at radius 1 is 0.607 bits per heavy atom. The molecule has 4 saturated carbocycles. The van der Waals surface area contributed by atoms with E-state index < -0.39 is 29.8 Å². The van der Waals surface area contributed by atoms with E-state index >= 15 is 0 Å². The van der Waals surface area contributed by atoms with Crippen molar-refractivity contribution in [1.82, 2.24) is 0 Å². The molecule has 2 heterocycles. The average molecular weight is 823 g/mol. The van der Waals surface area contributed by atoms with Crippen molar-refractivity contribution in [1.29, 1.82) is 0 Å². The fourth-order valence-corrected chi connectivity index (χ4v) is 13.1. The van der Waals surface area contributed by atoms with Crippen LogP contribution >= 0.6 is 0 Å². The fourth-order valence-electron chi connectivity index (χ4n) is 13.1. The topological polar surface area (TPSA) is 132 Å². The summed E-state index contributed by atoms with van der Waals surface area (Å²) in [4.78, 5) is 61.2. The third-order valence-electron chi connectivity index (χ3n) is 16.4. The molecular weight excluding hydrogens is 773 g/mol. The third kappa shape index (κ3) is 6.38. The van der Waals surface area contributed by atoms with E-state index in [4.69, 9.17) is 18.9 Å². The summed E-state index contributed by atoms with van der Waals surface area (Å²) in [6, 6.07) is 25.0. The van der Waals surface area contributed by atoms with Crippen LogP contribution in [0.3, 0.4) is 0 Å². The number of fused-ring (bicyclic) bond motifs is 7. The van der Waals surface area contributed by atoms with E-state index in [1.165, 1.54) is 86.4 Å². The molecule has 4 aromatic rings. The Balaban J connectivity index is 0.900. The van der Waals surface area contributed by atoms with Crippen molar-refractivity contribution in [2.75, 3.05) is 6.79 Å². The first-order chi connectivity index (χ1) is 29.4. The Kier molecular flexibility index (Phi) is 9.49. The van der Waals surface area contributed by atoms with E-state index in [0.29, 0.717) is 28.6 Å². The molecule has 0 saturated heterocycles. The van der Waals surface area contributed by atoms with Crippen molar-refractivity contribution in [2.45, 2.75) is 90.4 Å². The van der Waals surface area contributed by atoms with Gasteiger partial charge in [-0.05, 0) is 170 Å². The van der Waals surface area contributed by atoms with Gasteiger partial charge in [0.2, 0.25) is 6.79 Å². The SMILES string of the molecule is CCC1CCC2C3CCC4CC(c5ccc(OCOc6ccc7c(c6)C(=O)OC7=O)cc5)(c5ccc(OC(=O)c6ccc7c(c6)C(=O)OC7=O)cc5)CCC4(C)C3CCC12C. The van der Waals surface area contributed by atoms with Crippen LogP contribution in [0.1, 0.15) is 148 Å². The van der Waals surface area contributed by atoms with Crippen LogP contribution in [-0.4, -0.2) is 36.6 Å². The van der Waals surface area contributed by atoms with Gasteiger partial charge < -0.3 is 23.7 Å². The Morgan fingerprint density at radius 3 is 1.89 bits per heavy atom. The van der Waals surface area contributed by atoms with Crippen LogP contribution in [0.25, 0.3) is 0 Å². The highest BCUT2D eigenvalue weighted by Gasteiger charge is 2.61. The van der Waals surface area contributed by atoms with Crippen LogP contribution in [-0.2, 0) is 14.9 Å². The number of carbonyl (C=O) groups is 5. The molecule has 0 bridgehead atoms. The van der Waals surface area contributed by atoms with Crippen LogP contribution in [0.2, 0.25) is 0 Å². The second-order valence-corrected chi connectivity index (χ2v) is 18.8. The Labute approximate surface area is 355 Å². The lowest BCUT2D eigenvalue weighted by Crippen LogP contribution is -2.55. The van der Waals surface area contributed by atoms with Crippen molar-refractivity contribution in [3.8, 4) is 17.2 Å². The summed E-state index contributed by atoms with van der Waals surface area (Å²) < 4.78 is 27.0. The van der Waals surface area contributed by atoms with Gasteiger partial charge in [0, 0.05) is 5.41 Å². The molecule has 4 aromatic carbocycles. The first kappa shape index (κ1) is 39.4. The Morgan fingerprint density at radius 2 is 1.20 bits per heavy atom. The van der Waals surface area contributed by atoms with E-state index in [2.05, 4.69) is 49.8 Å². The van der Waals surface area contributed by atoms with E-state index in [9.17, 15) is 24.0 Å². The summed E-state index contributed by atoms with van der Waals surface area (Å²) in [5.74, 6) is 1.72. The van der Waals surface area contributed by atoms with Crippen LogP contribution in [0.5, 0.6) is 17.2 Å². The average Bonchev–Trinajstić information content (AvgIpc) is 3.87. The molecule has 6 aliphatic rings. The molecule has 8 atom stereocenters. The summed E-state index contributed by atoms with van der Waals surface area (Å²) in [5, 5.41) is 0.